The summed E-state index contributed by atoms with van der Waals surface area (Å²) in [6.07, 6.45) is 3.62. The molecule has 0 radical (unpaired) electrons. The Morgan fingerprint density at radius 2 is 2.40 bits per heavy atom. The molecule has 0 unspecified atom stereocenters. The van der Waals surface area contributed by atoms with Gasteiger partial charge in [0.1, 0.15) is 11.5 Å². The van der Waals surface area contributed by atoms with Gasteiger partial charge in [0, 0.05) is 7.05 Å². The van der Waals surface area contributed by atoms with E-state index in [2.05, 4.69) is 15.3 Å². The van der Waals surface area contributed by atoms with Crippen LogP contribution in [0, 0.1) is 0 Å². The molecular weight excluding hydrogens is 130 g/mol. The van der Waals surface area contributed by atoms with E-state index in [9.17, 15) is 4.79 Å². The fraction of sp³-hybridized carbons (Fsp3) is 0.167. The van der Waals surface area contributed by atoms with Gasteiger partial charge in [-0.25, -0.2) is 4.98 Å². The third kappa shape index (κ3) is 1.28. The lowest BCUT2D eigenvalue weighted by Gasteiger charge is -1.95. The maximum absolute atomic E-state index is 10.1. The molecule has 1 rings (SSSR count). The van der Waals surface area contributed by atoms with Crippen LogP contribution in [-0.2, 0) is 0 Å². The van der Waals surface area contributed by atoms with Crippen LogP contribution < -0.4 is 5.32 Å². The van der Waals surface area contributed by atoms with Gasteiger partial charge in [0.25, 0.3) is 0 Å². The molecule has 0 aliphatic carbocycles. The van der Waals surface area contributed by atoms with Crippen molar-refractivity contribution in [3.8, 4) is 0 Å². The number of carbonyl (C=O) groups is 1. The first-order valence-electron chi connectivity index (χ1n) is 2.82. The first kappa shape index (κ1) is 6.67. The molecule has 1 N–H and O–H groups in total. The minimum absolute atomic E-state index is 0.340. The Morgan fingerprint density at radius 3 is 3.00 bits per heavy atom. The number of nitrogens with zero attached hydrogens (tertiary/aromatic N) is 2. The van der Waals surface area contributed by atoms with E-state index in [1.54, 1.807) is 13.2 Å². The molecule has 52 valence electrons. The third-order valence-corrected chi connectivity index (χ3v) is 1.03. The van der Waals surface area contributed by atoms with Crippen molar-refractivity contribution in [2.24, 2.45) is 0 Å². The lowest BCUT2D eigenvalue weighted by Crippen LogP contribution is -1.96. The Labute approximate surface area is 58.3 Å². The van der Waals surface area contributed by atoms with Gasteiger partial charge in [0.05, 0.1) is 12.4 Å². The number of nitrogens with one attached hydrogen (secondary N) is 1. The predicted octanol–water partition coefficient (Wildman–Crippen LogP) is 0.331. The van der Waals surface area contributed by atoms with Crippen LogP contribution in [-0.4, -0.2) is 23.3 Å². The summed E-state index contributed by atoms with van der Waals surface area (Å²) in [5, 5.41) is 2.77. The second-order valence-corrected chi connectivity index (χ2v) is 1.70. The van der Waals surface area contributed by atoms with Gasteiger partial charge < -0.3 is 5.32 Å². The Morgan fingerprint density at radius 1 is 1.60 bits per heavy atom. The molecule has 1 aromatic rings. The molecule has 0 bridgehead atoms. The van der Waals surface area contributed by atoms with Crippen LogP contribution in [0.5, 0.6) is 0 Å². The zero-order valence-corrected chi connectivity index (χ0v) is 5.53. The number of carbonyl (C=O) groups excluding carboxylic acids is 1. The molecule has 0 atom stereocenters. The molecule has 0 spiro atoms. The summed E-state index contributed by atoms with van der Waals surface area (Å²) >= 11 is 0. The van der Waals surface area contributed by atoms with Crippen molar-refractivity contribution in [1.82, 2.24) is 9.97 Å². The van der Waals surface area contributed by atoms with Gasteiger partial charge in [-0.05, 0) is 0 Å². The second-order valence-electron chi connectivity index (χ2n) is 1.70. The van der Waals surface area contributed by atoms with E-state index in [0.717, 1.165) is 0 Å². The fourth-order valence-corrected chi connectivity index (χ4v) is 0.558. The number of aromatic nitrogens is 2. The molecule has 0 amide bonds. The van der Waals surface area contributed by atoms with E-state index in [1.165, 1.54) is 6.20 Å². The summed E-state index contributed by atoms with van der Waals surface area (Å²) in [6.45, 7) is 0. The first-order chi connectivity index (χ1) is 4.86. The number of hydrogen-bond donors (Lipinski definition) is 1. The maximum Gasteiger partial charge on any atom is 0.170 e. The molecular formula is C6H7N3O. The normalized spacial score (nSPS) is 8.90. The minimum Gasteiger partial charge on any atom is -0.372 e. The van der Waals surface area contributed by atoms with E-state index in [4.69, 9.17) is 0 Å². The van der Waals surface area contributed by atoms with Crippen molar-refractivity contribution in [2.45, 2.75) is 0 Å². The second kappa shape index (κ2) is 2.91. The molecule has 0 fully saturated rings. The van der Waals surface area contributed by atoms with E-state index in [-0.39, 0.29) is 0 Å². The monoisotopic (exact) mass is 137 g/mol. The smallest absolute Gasteiger partial charge is 0.170 e. The highest BCUT2D eigenvalue weighted by atomic mass is 16.1. The molecule has 0 aliphatic heterocycles. The topological polar surface area (TPSA) is 54.9 Å². The predicted molar refractivity (Wildman–Crippen MR) is 37.0 cm³/mol. The van der Waals surface area contributed by atoms with E-state index >= 15 is 0 Å². The van der Waals surface area contributed by atoms with Gasteiger partial charge >= 0.3 is 0 Å². The molecule has 0 saturated heterocycles. The lowest BCUT2D eigenvalue weighted by atomic mass is 10.5. The van der Waals surface area contributed by atoms with Crippen LogP contribution in [0.1, 0.15) is 10.5 Å². The molecule has 4 nitrogen and oxygen atoms in total. The quantitative estimate of drug-likeness (QED) is 0.597. The maximum atomic E-state index is 10.1. The number of anilines is 1. The fourth-order valence-electron chi connectivity index (χ4n) is 0.558. The minimum atomic E-state index is 0.340. The highest BCUT2D eigenvalue weighted by Crippen LogP contribution is 1.97. The molecule has 10 heavy (non-hydrogen) atoms. The Bertz CT molecular complexity index is 236. The summed E-state index contributed by atoms with van der Waals surface area (Å²) in [7, 11) is 1.72. The number of hydrogen-bond acceptors (Lipinski definition) is 4. The summed E-state index contributed by atoms with van der Waals surface area (Å²) in [6, 6.07) is 0. The average molecular weight is 137 g/mol. The highest BCUT2D eigenvalue weighted by molar-refractivity contribution is 5.71. The van der Waals surface area contributed by atoms with Crippen molar-refractivity contribution in [1.29, 1.82) is 0 Å². The van der Waals surface area contributed by atoms with Crippen LogP contribution in [0.25, 0.3) is 0 Å². The largest absolute Gasteiger partial charge is 0.372 e. The van der Waals surface area contributed by atoms with Gasteiger partial charge in [0.15, 0.2) is 6.29 Å². The third-order valence-electron chi connectivity index (χ3n) is 1.03. The van der Waals surface area contributed by atoms with Gasteiger partial charge in [-0.3, -0.25) is 9.78 Å². The Kier molecular flexibility index (Phi) is 1.94. The summed E-state index contributed by atoms with van der Waals surface area (Å²) in [5.74, 6) is 0.601. The van der Waals surface area contributed by atoms with Crippen LogP contribution in [0.15, 0.2) is 12.4 Å². The van der Waals surface area contributed by atoms with Crippen molar-refractivity contribution in [3.05, 3.63) is 18.1 Å². The van der Waals surface area contributed by atoms with Gasteiger partial charge in [0.2, 0.25) is 0 Å². The van der Waals surface area contributed by atoms with Crippen LogP contribution in [0.4, 0.5) is 5.82 Å². The van der Waals surface area contributed by atoms with E-state index < -0.39 is 0 Å². The summed E-state index contributed by atoms with van der Waals surface area (Å²) < 4.78 is 0. The summed E-state index contributed by atoms with van der Waals surface area (Å²) in [5.41, 5.74) is 0.340. The SMILES string of the molecule is CNc1cncc(C=O)n1. The van der Waals surface area contributed by atoms with Gasteiger partial charge in [-0.15, -0.1) is 0 Å². The molecule has 1 aromatic heterocycles. The first-order valence-corrected chi connectivity index (χ1v) is 2.82. The van der Waals surface area contributed by atoms with Crippen LogP contribution in [0.3, 0.4) is 0 Å². The zero-order valence-electron chi connectivity index (χ0n) is 5.53. The average Bonchev–Trinajstić information content (AvgIpc) is 2.05. The van der Waals surface area contributed by atoms with E-state index in [0.29, 0.717) is 17.8 Å². The number of rotatable bonds is 2. The standard InChI is InChI=1S/C6H7N3O/c1-7-6-3-8-2-5(4-10)9-6/h2-4H,1H3,(H,7,9). The van der Waals surface area contributed by atoms with Crippen molar-refractivity contribution < 1.29 is 4.79 Å². The number of aldehydes is 1. The Hall–Kier alpha value is -1.45. The van der Waals surface area contributed by atoms with E-state index in [1.807, 2.05) is 0 Å². The molecule has 4 heteroatoms. The summed E-state index contributed by atoms with van der Waals surface area (Å²) in [4.78, 5) is 17.8. The van der Waals surface area contributed by atoms with Crippen molar-refractivity contribution in [3.63, 3.8) is 0 Å². The van der Waals surface area contributed by atoms with Crippen LogP contribution >= 0.6 is 0 Å². The molecule has 0 aromatic carbocycles. The Balaban J connectivity index is 2.98. The zero-order chi connectivity index (χ0) is 7.40. The van der Waals surface area contributed by atoms with Crippen molar-refractivity contribution >= 4 is 12.1 Å². The van der Waals surface area contributed by atoms with Gasteiger partial charge in [-0.2, -0.15) is 0 Å². The lowest BCUT2D eigenvalue weighted by molar-refractivity contribution is 0.111. The molecule has 1 heterocycles. The molecule has 0 aliphatic rings. The van der Waals surface area contributed by atoms with Crippen molar-refractivity contribution in [2.75, 3.05) is 12.4 Å². The van der Waals surface area contributed by atoms with Gasteiger partial charge in [-0.1, -0.05) is 0 Å². The molecule has 0 saturated carbocycles. The van der Waals surface area contributed by atoms with Crippen LogP contribution in [0.2, 0.25) is 0 Å². The highest BCUT2D eigenvalue weighted by Gasteiger charge is 1.92.